The maximum Gasteiger partial charge on any atom is 0.204 e. The second kappa shape index (κ2) is 6.00. The molecule has 0 saturated heterocycles. The van der Waals surface area contributed by atoms with Crippen LogP contribution in [0.3, 0.4) is 0 Å². The van der Waals surface area contributed by atoms with Crippen molar-refractivity contribution >= 4 is 16.7 Å². The maximum atomic E-state index is 5.07. The summed E-state index contributed by atoms with van der Waals surface area (Å²) < 4.78 is 1.81. The van der Waals surface area contributed by atoms with Crippen LogP contribution in [-0.4, -0.2) is 50.0 Å². The number of aromatic amines is 1. The molecular formula is C23H22N10. The van der Waals surface area contributed by atoms with Crippen molar-refractivity contribution in [1.29, 1.82) is 0 Å². The van der Waals surface area contributed by atoms with Crippen LogP contribution in [0.2, 0.25) is 0 Å². The van der Waals surface area contributed by atoms with Crippen LogP contribution in [0.5, 0.6) is 0 Å². The van der Waals surface area contributed by atoms with Crippen LogP contribution in [0.25, 0.3) is 28.1 Å². The lowest BCUT2D eigenvalue weighted by atomic mass is 9.46. The molecule has 4 saturated carbocycles. The van der Waals surface area contributed by atoms with Crippen molar-refractivity contribution < 1.29 is 0 Å². The number of tetrazole rings is 1. The van der Waals surface area contributed by atoms with Crippen molar-refractivity contribution in [2.24, 2.45) is 11.8 Å². The van der Waals surface area contributed by atoms with E-state index in [0.29, 0.717) is 17.7 Å². The molecule has 4 fully saturated rings. The van der Waals surface area contributed by atoms with Gasteiger partial charge in [0.2, 0.25) is 5.82 Å². The van der Waals surface area contributed by atoms with Gasteiger partial charge in [0.15, 0.2) is 17.1 Å². The molecule has 4 aliphatic carbocycles. The number of benzene rings is 1. The minimum atomic E-state index is -0.120. The van der Waals surface area contributed by atoms with E-state index in [1.165, 1.54) is 6.42 Å². The molecule has 4 heterocycles. The molecular weight excluding hydrogens is 416 g/mol. The largest absolute Gasteiger partial charge is 0.261 e. The Morgan fingerprint density at radius 3 is 2.70 bits per heavy atom. The first-order chi connectivity index (χ1) is 16.2. The molecule has 10 nitrogen and oxygen atoms in total. The zero-order valence-corrected chi connectivity index (χ0v) is 18.0. The molecule has 10 heteroatoms. The Hall–Kier alpha value is -3.69. The van der Waals surface area contributed by atoms with Crippen molar-refractivity contribution in [3.8, 4) is 11.4 Å². The highest BCUT2D eigenvalue weighted by molar-refractivity contribution is 5.87. The second-order valence-corrected chi connectivity index (χ2v) is 10.3. The minimum Gasteiger partial charge on any atom is -0.261 e. The van der Waals surface area contributed by atoms with Crippen molar-refractivity contribution in [2.75, 3.05) is 0 Å². The third-order valence-corrected chi connectivity index (χ3v) is 8.16. The third kappa shape index (κ3) is 2.40. The highest BCUT2D eigenvalue weighted by atomic mass is 15.6. The number of aromatic nitrogens is 10. The number of hydrogen-bond donors (Lipinski definition) is 1. The van der Waals surface area contributed by atoms with Crippen molar-refractivity contribution in [3.05, 3.63) is 48.7 Å². The molecule has 33 heavy (non-hydrogen) atoms. The highest BCUT2D eigenvalue weighted by Crippen LogP contribution is 2.64. The van der Waals surface area contributed by atoms with Gasteiger partial charge < -0.3 is 0 Å². The normalized spacial score (nSPS) is 30.5. The molecule has 0 spiro atoms. The van der Waals surface area contributed by atoms with Crippen molar-refractivity contribution in [2.45, 2.75) is 49.5 Å². The van der Waals surface area contributed by atoms with Gasteiger partial charge in [0.1, 0.15) is 6.33 Å². The molecule has 4 aliphatic rings. The van der Waals surface area contributed by atoms with Gasteiger partial charge in [0.25, 0.3) is 0 Å². The summed E-state index contributed by atoms with van der Waals surface area (Å²) in [7, 11) is 0. The zero-order chi connectivity index (χ0) is 21.6. The molecule has 4 atom stereocenters. The first kappa shape index (κ1) is 17.8. The van der Waals surface area contributed by atoms with Gasteiger partial charge in [0, 0.05) is 11.0 Å². The van der Waals surface area contributed by atoms with Gasteiger partial charge in [-0.3, -0.25) is 5.10 Å². The average molecular weight is 438 g/mol. The molecule has 0 radical (unpaired) electrons. The van der Waals surface area contributed by atoms with E-state index >= 15 is 0 Å². The number of hydrogen-bond acceptors (Lipinski definition) is 7. The Labute approximate surface area is 188 Å². The molecule has 0 amide bonds. The van der Waals surface area contributed by atoms with Crippen LogP contribution < -0.4 is 0 Å². The van der Waals surface area contributed by atoms with E-state index in [-0.39, 0.29) is 11.0 Å². The fraction of sp³-hybridized carbons (Fsp3) is 0.435. The standard InChI is InChI=1S/C23H22N10/c1-2-4-16(5-3-1)18-28-31-33(29-18)23-9-14-6-15(10-23)8-22(7-14,12-23)21-26-20-17-11-25-27-19(17)24-13-32(20)30-21/h1-5,11,13-15H,6-10,12H2,(H,25,27)/t14-,15+,22?,23?. The van der Waals surface area contributed by atoms with Gasteiger partial charge in [-0.1, -0.05) is 30.3 Å². The monoisotopic (exact) mass is 438 g/mol. The molecule has 4 aromatic heterocycles. The summed E-state index contributed by atoms with van der Waals surface area (Å²) in [6.07, 6.45) is 10.2. The lowest BCUT2D eigenvalue weighted by Gasteiger charge is -2.60. The fourth-order valence-electron chi connectivity index (χ4n) is 7.29. The number of nitrogens with one attached hydrogen (secondary N) is 1. The Bertz CT molecular complexity index is 1500. The predicted octanol–water partition coefficient (Wildman–Crippen LogP) is 2.90. The minimum absolute atomic E-state index is 0.0628. The number of H-pyrrole nitrogens is 1. The van der Waals surface area contributed by atoms with Crippen LogP contribution in [0, 0.1) is 11.8 Å². The first-order valence-electron chi connectivity index (χ1n) is 11.6. The van der Waals surface area contributed by atoms with E-state index < -0.39 is 0 Å². The van der Waals surface area contributed by atoms with Crippen LogP contribution in [0.1, 0.15) is 44.3 Å². The molecule has 2 unspecified atom stereocenters. The van der Waals surface area contributed by atoms with E-state index in [9.17, 15) is 0 Å². The smallest absolute Gasteiger partial charge is 0.204 e. The van der Waals surface area contributed by atoms with Gasteiger partial charge in [-0.05, 0) is 55.6 Å². The van der Waals surface area contributed by atoms with Crippen LogP contribution >= 0.6 is 0 Å². The molecule has 1 N–H and O–H groups in total. The van der Waals surface area contributed by atoms with Crippen LogP contribution in [0.4, 0.5) is 0 Å². The molecule has 4 bridgehead atoms. The zero-order valence-electron chi connectivity index (χ0n) is 18.0. The van der Waals surface area contributed by atoms with E-state index in [4.69, 9.17) is 15.2 Å². The lowest BCUT2D eigenvalue weighted by molar-refractivity contribution is -0.0784. The molecule has 1 aromatic carbocycles. The summed E-state index contributed by atoms with van der Waals surface area (Å²) in [5.41, 5.74) is 2.38. The van der Waals surface area contributed by atoms with E-state index in [2.05, 4.69) is 25.5 Å². The second-order valence-electron chi connectivity index (χ2n) is 10.3. The van der Waals surface area contributed by atoms with Crippen molar-refractivity contribution in [3.63, 3.8) is 0 Å². The summed E-state index contributed by atoms with van der Waals surface area (Å²) in [5.74, 6) is 2.90. The van der Waals surface area contributed by atoms with E-state index in [1.807, 2.05) is 35.1 Å². The molecule has 164 valence electrons. The van der Waals surface area contributed by atoms with Gasteiger partial charge in [0.05, 0.1) is 17.1 Å². The van der Waals surface area contributed by atoms with Crippen LogP contribution in [0.15, 0.2) is 42.9 Å². The van der Waals surface area contributed by atoms with Gasteiger partial charge >= 0.3 is 0 Å². The van der Waals surface area contributed by atoms with Crippen molar-refractivity contribution in [1.82, 2.24) is 50.0 Å². The summed E-state index contributed by atoms with van der Waals surface area (Å²) in [6, 6.07) is 10.1. The lowest BCUT2D eigenvalue weighted by Crippen LogP contribution is -2.59. The Morgan fingerprint density at radius 1 is 1.00 bits per heavy atom. The SMILES string of the molecule is c1ccc(-c2nnn(C34C[C@@H]5C[C@@H](CC(c6nc7c8cn[nH]c8ncn7n6)(C5)C3)C4)n2)cc1. The highest BCUT2D eigenvalue weighted by Gasteiger charge is 2.61. The topological polar surface area (TPSA) is 115 Å². The van der Waals surface area contributed by atoms with E-state index in [1.54, 1.807) is 17.0 Å². The fourth-order valence-corrected chi connectivity index (χ4v) is 7.29. The number of nitrogens with zero attached hydrogens (tertiary/aromatic N) is 9. The molecule has 0 aliphatic heterocycles. The molecule has 5 aromatic rings. The maximum absolute atomic E-state index is 5.07. The first-order valence-corrected chi connectivity index (χ1v) is 11.6. The summed E-state index contributed by atoms with van der Waals surface area (Å²) in [6.45, 7) is 0. The third-order valence-electron chi connectivity index (χ3n) is 8.16. The number of fused-ring (bicyclic) bond motifs is 3. The quantitative estimate of drug-likeness (QED) is 0.460. The van der Waals surface area contributed by atoms with Crippen LogP contribution in [-0.2, 0) is 11.0 Å². The van der Waals surface area contributed by atoms with E-state index in [0.717, 1.165) is 60.2 Å². The summed E-state index contributed by atoms with van der Waals surface area (Å²) >= 11 is 0. The Kier molecular flexibility index (Phi) is 3.24. The van der Waals surface area contributed by atoms with Gasteiger partial charge in [-0.2, -0.15) is 9.90 Å². The Morgan fingerprint density at radius 2 is 1.85 bits per heavy atom. The summed E-state index contributed by atoms with van der Waals surface area (Å²) in [4.78, 5) is 11.4. The predicted molar refractivity (Wildman–Crippen MR) is 118 cm³/mol. The summed E-state index contributed by atoms with van der Waals surface area (Å²) in [5, 5.41) is 26.8. The number of rotatable bonds is 3. The van der Waals surface area contributed by atoms with Gasteiger partial charge in [-0.25, -0.2) is 14.5 Å². The Balaban J connectivity index is 1.24. The van der Waals surface area contributed by atoms with Gasteiger partial charge in [-0.15, -0.1) is 15.3 Å². The molecule has 9 rings (SSSR count). The average Bonchev–Trinajstić information content (AvgIpc) is 3.57.